The number of hydrogen-bond donors (Lipinski definition) is 2. The Balaban J connectivity index is 2.63. The summed E-state index contributed by atoms with van der Waals surface area (Å²) in [6.45, 7) is 4.81. The van der Waals surface area contributed by atoms with Crippen molar-refractivity contribution in [1.82, 2.24) is 9.55 Å². The number of benzene rings is 1. The molecule has 1 heterocycles. The number of phenolic OH excluding ortho intramolecular Hbond substituents is 1. The number of fused-ring (bicyclic) bond motifs is 1. The SMILES string of the molecule is CC(C)Cn1c(=O)[nH]c2cc(O)ccc21. The van der Waals surface area contributed by atoms with Crippen LogP contribution >= 0.6 is 0 Å². The minimum Gasteiger partial charge on any atom is -0.508 e. The molecule has 4 heteroatoms. The number of aromatic nitrogens is 2. The number of imidazole rings is 1. The second-order valence-corrected chi connectivity index (χ2v) is 4.14. The second kappa shape index (κ2) is 3.46. The van der Waals surface area contributed by atoms with E-state index in [2.05, 4.69) is 18.8 Å². The predicted octanol–water partition coefficient (Wildman–Crippen LogP) is 1.69. The van der Waals surface area contributed by atoms with E-state index in [9.17, 15) is 9.90 Å². The highest BCUT2D eigenvalue weighted by molar-refractivity contribution is 5.76. The summed E-state index contributed by atoms with van der Waals surface area (Å²) >= 11 is 0. The van der Waals surface area contributed by atoms with E-state index in [-0.39, 0.29) is 11.4 Å². The van der Waals surface area contributed by atoms with Gasteiger partial charge in [0, 0.05) is 12.6 Å². The Morgan fingerprint density at radius 2 is 2.20 bits per heavy atom. The summed E-state index contributed by atoms with van der Waals surface area (Å²) in [6, 6.07) is 4.91. The molecule has 0 saturated carbocycles. The Kier molecular flexibility index (Phi) is 2.26. The van der Waals surface area contributed by atoms with Crippen LogP contribution in [0.4, 0.5) is 0 Å². The van der Waals surface area contributed by atoms with Crippen LogP contribution in [0.15, 0.2) is 23.0 Å². The molecular formula is C11H14N2O2. The fourth-order valence-electron chi connectivity index (χ4n) is 1.70. The summed E-state index contributed by atoms with van der Waals surface area (Å²) < 4.78 is 1.69. The summed E-state index contributed by atoms with van der Waals surface area (Å²) in [4.78, 5) is 14.3. The minimum absolute atomic E-state index is 0.121. The molecule has 0 fully saturated rings. The molecule has 0 spiro atoms. The van der Waals surface area contributed by atoms with Crippen molar-refractivity contribution in [2.24, 2.45) is 5.92 Å². The van der Waals surface area contributed by atoms with Crippen molar-refractivity contribution in [2.75, 3.05) is 0 Å². The van der Waals surface area contributed by atoms with Gasteiger partial charge in [-0.2, -0.15) is 0 Å². The van der Waals surface area contributed by atoms with Crippen molar-refractivity contribution >= 4 is 11.0 Å². The van der Waals surface area contributed by atoms with Crippen LogP contribution in [-0.2, 0) is 6.54 Å². The van der Waals surface area contributed by atoms with E-state index in [4.69, 9.17) is 0 Å². The molecule has 0 saturated heterocycles. The molecule has 0 atom stereocenters. The zero-order valence-corrected chi connectivity index (χ0v) is 8.82. The van der Waals surface area contributed by atoms with Gasteiger partial charge in [0.2, 0.25) is 0 Å². The normalized spacial score (nSPS) is 11.4. The molecular weight excluding hydrogens is 192 g/mol. The van der Waals surface area contributed by atoms with Crippen molar-refractivity contribution in [3.63, 3.8) is 0 Å². The molecule has 0 aliphatic carbocycles. The van der Waals surface area contributed by atoms with Crippen LogP contribution in [0.2, 0.25) is 0 Å². The lowest BCUT2D eigenvalue weighted by molar-refractivity contribution is 0.476. The highest BCUT2D eigenvalue weighted by Crippen LogP contribution is 2.17. The lowest BCUT2D eigenvalue weighted by Crippen LogP contribution is -2.19. The summed E-state index contributed by atoms with van der Waals surface area (Å²) in [5.41, 5.74) is 1.40. The quantitative estimate of drug-likeness (QED) is 0.785. The van der Waals surface area contributed by atoms with Gasteiger partial charge >= 0.3 is 5.69 Å². The Morgan fingerprint density at radius 3 is 2.87 bits per heavy atom. The minimum atomic E-state index is -0.121. The zero-order valence-electron chi connectivity index (χ0n) is 8.82. The van der Waals surface area contributed by atoms with Gasteiger partial charge in [0.15, 0.2) is 0 Å². The molecule has 4 nitrogen and oxygen atoms in total. The number of aromatic amines is 1. The smallest absolute Gasteiger partial charge is 0.326 e. The van der Waals surface area contributed by atoms with E-state index in [0.717, 1.165) is 5.52 Å². The molecule has 0 amide bonds. The summed E-state index contributed by atoms with van der Waals surface area (Å²) in [5.74, 6) is 0.580. The molecule has 1 aromatic heterocycles. The Morgan fingerprint density at radius 1 is 1.47 bits per heavy atom. The highest BCUT2D eigenvalue weighted by Gasteiger charge is 2.07. The summed E-state index contributed by atoms with van der Waals surface area (Å²) in [5, 5.41) is 9.28. The molecule has 0 aliphatic heterocycles. The molecule has 0 radical (unpaired) electrons. The number of aromatic hydroxyl groups is 1. The van der Waals surface area contributed by atoms with E-state index in [1.54, 1.807) is 22.8 Å². The van der Waals surface area contributed by atoms with Crippen molar-refractivity contribution in [3.8, 4) is 5.75 Å². The highest BCUT2D eigenvalue weighted by atomic mass is 16.3. The average Bonchev–Trinajstić information content (AvgIpc) is 2.41. The van der Waals surface area contributed by atoms with Gasteiger partial charge in [0.1, 0.15) is 5.75 Å². The molecule has 1 aromatic carbocycles. The third-order valence-electron chi connectivity index (χ3n) is 2.31. The van der Waals surface area contributed by atoms with Crippen LogP contribution in [0.5, 0.6) is 5.75 Å². The first-order valence-electron chi connectivity index (χ1n) is 4.99. The third kappa shape index (κ3) is 1.75. The first kappa shape index (κ1) is 9.83. The molecule has 0 bridgehead atoms. The molecule has 2 N–H and O–H groups in total. The maximum absolute atomic E-state index is 11.6. The largest absolute Gasteiger partial charge is 0.508 e. The van der Waals surface area contributed by atoms with Crippen LogP contribution in [0.3, 0.4) is 0 Å². The van der Waals surface area contributed by atoms with Crippen molar-refractivity contribution < 1.29 is 5.11 Å². The van der Waals surface area contributed by atoms with Gasteiger partial charge < -0.3 is 10.1 Å². The lowest BCUT2D eigenvalue weighted by atomic mass is 10.2. The maximum atomic E-state index is 11.6. The zero-order chi connectivity index (χ0) is 11.0. The van der Waals surface area contributed by atoms with Crippen LogP contribution in [0.1, 0.15) is 13.8 Å². The average molecular weight is 206 g/mol. The van der Waals surface area contributed by atoms with Gasteiger partial charge in [-0.25, -0.2) is 4.79 Å². The Labute approximate surface area is 87.2 Å². The van der Waals surface area contributed by atoms with E-state index in [1.807, 2.05) is 0 Å². The van der Waals surface area contributed by atoms with Gasteiger partial charge in [-0.1, -0.05) is 13.8 Å². The second-order valence-electron chi connectivity index (χ2n) is 4.14. The Bertz CT molecular complexity index is 537. The van der Waals surface area contributed by atoms with E-state index >= 15 is 0 Å². The number of rotatable bonds is 2. The first-order chi connectivity index (χ1) is 7.08. The number of H-pyrrole nitrogens is 1. The number of phenols is 1. The number of nitrogens with zero attached hydrogens (tertiary/aromatic N) is 1. The molecule has 2 rings (SSSR count). The number of hydrogen-bond acceptors (Lipinski definition) is 2. The monoisotopic (exact) mass is 206 g/mol. The first-order valence-corrected chi connectivity index (χ1v) is 4.99. The maximum Gasteiger partial charge on any atom is 0.326 e. The molecule has 0 aliphatic rings. The van der Waals surface area contributed by atoms with E-state index in [1.165, 1.54) is 0 Å². The molecule has 0 unspecified atom stereocenters. The fourth-order valence-corrected chi connectivity index (χ4v) is 1.70. The standard InChI is InChI=1S/C11H14N2O2/c1-7(2)6-13-10-4-3-8(14)5-9(10)12-11(13)15/h3-5,7,14H,6H2,1-2H3,(H,12,15). The summed E-state index contributed by atoms with van der Waals surface area (Å²) in [7, 11) is 0. The van der Waals surface area contributed by atoms with Gasteiger partial charge in [-0.3, -0.25) is 4.57 Å². The van der Waals surface area contributed by atoms with Crippen molar-refractivity contribution in [2.45, 2.75) is 20.4 Å². The molecule has 80 valence electrons. The van der Waals surface area contributed by atoms with Gasteiger partial charge in [-0.05, 0) is 18.1 Å². The van der Waals surface area contributed by atoms with Crippen molar-refractivity contribution in [3.05, 3.63) is 28.7 Å². The third-order valence-corrected chi connectivity index (χ3v) is 2.31. The van der Waals surface area contributed by atoms with Crippen LogP contribution in [0, 0.1) is 5.92 Å². The van der Waals surface area contributed by atoms with E-state index in [0.29, 0.717) is 18.0 Å². The topological polar surface area (TPSA) is 58.0 Å². The molecule has 15 heavy (non-hydrogen) atoms. The van der Waals surface area contributed by atoms with Crippen molar-refractivity contribution in [1.29, 1.82) is 0 Å². The van der Waals surface area contributed by atoms with Gasteiger partial charge in [0.25, 0.3) is 0 Å². The van der Waals surface area contributed by atoms with Crippen LogP contribution in [-0.4, -0.2) is 14.7 Å². The lowest BCUT2D eigenvalue weighted by Gasteiger charge is -2.05. The van der Waals surface area contributed by atoms with Gasteiger partial charge in [0.05, 0.1) is 11.0 Å². The number of nitrogens with one attached hydrogen (secondary N) is 1. The van der Waals surface area contributed by atoms with E-state index < -0.39 is 0 Å². The Hall–Kier alpha value is -1.71. The van der Waals surface area contributed by atoms with Gasteiger partial charge in [-0.15, -0.1) is 0 Å². The van der Waals surface area contributed by atoms with Crippen LogP contribution in [0.25, 0.3) is 11.0 Å². The predicted molar refractivity (Wildman–Crippen MR) is 59.1 cm³/mol. The summed E-state index contributed by atoms with van der Waals surface area (Å²) in [6.07, 6.45) is 0. The molecule has 2 aromatic rings. The fraction of sp³-hybridized carbons (Fsp3) is 0.364. The van der Waals surface area contributed by atoms with Crippen LogP contribution < -0.4 is 5.69 Å².